The third-order valence-corrected chi connectivity index (χ3v) is 6.83. The maximum atomic E-state index is 9.58. The summed E-state index contributed by atoms with van der Waals surface area (Å²) in [5, 5.41) is 11.7. The zero-order valence-electron chi connectivity index (χ0n) is 13.3. The first-order valence-corrected chi connectivity index (χ1v) is 9.67. The van der Waals surface area contributed by atoms with Gasteiger partial charge in [0.15, 0.2) is 0 Å². The third kappa shape index (κ3) is 3.77. The maximum absolute atomic E-state index is 9.58. The van der Waals surface area contributed by atoms with E-state index in [4.69, 9.17) is 8.85 Å². The molecule has 0 aliphatic carbocycles. The predicted molar refractivity (Wildman–Crippen MR) is 92.1 cm³/mol. The zero-order valence-corrected chi connectivity index (χ0v) is 14.3. The van der Waals surface area contributed by atoms with E-state index in [2.05, 4.69) is 26.0 Å². The Hall–Kier alpha value is -1.62. The van der Waals surface area contributed by atoms with Crippen LogP contribution in [0.25, 0.3) is 0 Å². The molecule has 2 aromatic rings. The fourth-order valence-electron chi connectivity index (χ4n) is 2.37. The molecular weight excluding hydrogens is 292 g/mol. The molecule has 0 saturated heterocycles. The molecule has 1 N–H and O–H groups in total. The second-order valence-corrected chi connectivity index (χ2v) is 8.19. The van der Waals surface area contributed by atoms with Crippen LogP contribution in [0.15, 0.2) is 54.6 Å². The minimum absolute atomic E-state index is 0.255. The van der Waals surface area contributed by atoms with E-state index in [0.717, 1.165) is 23.2 Å². The van der Waals surface area contributed by atoms with Crippen molar-refractivity contribution in [1.29, 1.82) is 0 Å². The van der Waals surface area contributed by atoms with Gasteiger partial charge in [-0.05, 0) is 35.3 Å². The summed E-state index contributed by atoms with van der Waals surface area (Å²) in [6.45, 7) is 5.51. The summed E-state index contributed by atoms with van der Waals surface area (Å²) >= 11 is 0. The summed E-state index contributed by atoms with van der Waals surface area (Å²) in [6.07, 6.45) is 1.88. The molecule has 2 aromatic carbocycles. The summed E-state index contributed by atoms with van der Waals surface area (Å²) in [7, 11) is -2.72. The lowest BCUT2D eigenvalue weighted by molar-refractivity contribution is 0.191. The normalized spacial score (nSPS) is 11.5. The highest BCUT2D eigenvalue weighted by Gasteiger charge is 2.42. The van der Waals surface area contributed by atoms with Crippen molar-refractivity contribution in [3.05, 3.63) is 54.6 Å². The van der Waals surface area contributed by atoms with Crippen molar-refractivity contribution in [2.24, 2.45) is 0 Å². The Balaban J connectivity index is 2.50. The van der Waals surface area contributed by atoms with Crippen LogP contribution in [0.2, 0.25) is 0 Å². The molecule has 0 heterocycles. The lowest BCUT2D eigenvalue weighted by atomic mass is 10.3. The van der Waals surface area contributed by atoms with E-state index in [9.17, 15) is 5.11 Å². The van der Waals surface area contributed by atoms with Crippen molar-refractivity contribution in [3.63, 3.8) is 0 Å². The van der Waals surface area contributed by atoms with Gasteiger partial charge in [-0.15, -0.1) is 0 Å². The van der Waals surface area contributed by atoms with Crippen LogP contribution in [0.4, 0.5) is 0 Å². The van der Waals surface area contributed by atoms with Gasteiger partial charge in [0.25, 0.3) is 0 Å². The topological polar surface area (TPSA) is 38.7 Å². The lowest BCUT2D eigenvalue weighted by Crippen LogP contribution is -2.63. The van der Waals surface area contributed by atoms with Gasteiger partial charge in [-0.1, -0.05) is 56.3 Å². The molecule has 0 aliphatic heterocycles. The highest BCUT2D eigenvalue weighted by atomic mass is 28.4. The van der Waals surface area contributed by atoms with E-state index >= 15 is 0 Å². The molecule has 2 rings (SSSR count). The Kier molecular flexibility index (Phi) is 6.18. The van der Waals surface area contributed by atoms with Crippen LogP contribution in [0, 0.1) is 0 Å². The molecule has 118 valence electrons. The molecule has 22 heavy (non-hydrogen) atoms. The van der Waals surface area contributed by atoms with Crippen molar-refractivity contribution >= 4 is 18.9 Å². The van der Waals surface area contributed by atoms with Gasteiger partial charge < -0.3 is 14.0 Å². The fourth-order valence-corrected chi connectivity index (χ4v) is 5.67. The van der Waals surface area contributed by atoms with Crippen LogP contribution in [0.1, 0.15) is 26.7 Å². The van der Waals surface area contributed by atoms with Crippen LogP contribution in [0.3, 0.4) is 0 Å². The van der Waals surface area contributed by atoms with Gasteiger partial charge in [-0.2, -0.15) is 0 Å². The van der Waals surface area contributed by atoms with E-state index in [0.29, 0.717) is 13.2 Å². The van der Waals surface area contributed by atoms with Crippen molar-refractivity contribution in [3.8, 4) is 5.75 Å². The molecule has 0 unspecified atom stereocenters. The Labute approximate surface area is 133 Å². The first-order chi connectivity index (χ1) is 10.7. The molecule has 0 atom stereocenters. The molecule has 4 heteroatoms. The third-order valence-electron chi connectivity index (χ3n) is 3.42. The van der Waals surface area contributed by atoms with Gasteiger partial charge >= 0.3 is 8.56 Å². The SMILES string of the molecule is CCCO[Si](OCCC)(c1ccccc1)c1ccc(O)cc1. The Morgan fingerprint density at radius 3 is 1.77 bits per heavy atom. The number of aromatic hydroxyl groups is 1. The average molecular weight is 316 g/mol. The van der Waals surface area contributed by atoms with E-state index in [-0.39, 0.29) is 5.75 Å². The quantitative estimate of drug-likeness (QED) is 0.761. The molecule has 3 nitrogen and oxygen atoms in total. The number of phenolic OH excluding ortho intramolecular Hbond substituents is 1. The molecule has 0 aliphatic rings. The first-order valence-electron chi connectivity index (χ1n) is 7.86. The zero-order chi connectivity index (χ0) is 15.8. The van der Waals surface area contributed by atoms with Crippen LogP contribution < -0.4 is 10.4 Å². The summed E-state index contributed by atoms with van der Waals surface area (Å²) in [6, 6.07) is 17.4. The van der Waals surface area contributed by atoms with Gasteiger partial charge in [-0.25, -0.2) is 0 Å². The molecule has 0 aromatic heterocycles. The summed E-state index contributed by atoms with van der Waals surface area (Å²) in [5.41, 5.74) is 0. The average Bonchev–Trinajstić information content (AvgIpc) is 2.57. The second kappa shape index (κ2) is 8.13. The van der Waals surface area contributed by atoms with Crippen LogP contribution in [-0.2, 0) is 8.85 Å². The van der Waals surface area contributed by atoms with Crippen molar-refractivity contribution in [2.75, 3.05) is 13.2 Å². The Morgan fingerprint density at radius 1 is 0.773 bits per heavy atom. The molecule has 0 spiro atoms. The van der Waals surface area contributed by atoms with Gasteiger partial charge in [0.05, 0.1) is 0 Å². The smallest absolute Gasteiger partial charge is 0.407 e. The second-order valence-electron chi connectivity index (χ2n) is 5.23. The van der Waals surface area contributed by atoms with E-state index < -0.39 is 8.56 Å². The molecule has 0 radical (unpaired) electrons. The van der Waals surface area contributed by atoms with Crippen molar-refractivity contribution in [2.45, 2.75) is 26.7 Å². The van der Waals surface area contributed by atoms with Gasteiger partial charge in [-0.3, -0.25) is 0 Å². The maximum Gasteiger partial charge on any atom is 0.407 e. The Bertz CT molecular complexity index is 546. The van der Waals surface area contributed by atoms with Crippen LogP contribution in [0.5, 0.6) is 5.75 Å². The molecule has 0 fully saturated rings. The number of benzene rings is 2. The van der Waals surface area contributed by atoms with E-state index in [1.165, 1.54) is 0 Å². The van der Waals surface area contributed by atoms with Gasteiger partial charge in [0.1, 0.15) is 5.75 Å². The first kappa shape index (κ1) is 16.7. The van der Waals surface area contributed by atoms with E-state index in [1.54, 1.807) is 12.1 Å². The monoisotopic (exact) mass is 316 g/mol. The van der Waals surface area contributed by atoms with Gasteiger partial charge in [0.2, 0.25) is 0 Å². The standard InChI is InChI=1S/C18H24O3Si/c1-3-14-20-22(21-15-4-2,17-8-6-5-7-9-17)18-12-10-16(19)11-13-18/h5-13,19H,3-4,14-15H2,1-2H3. The molecule has 0 amide bonds. The Morgan fingerprint density at radius 2 is 1.27 bits per heavy atom. The highest BCUT2D eigenvalue weighted by Crippen LogP contribution is 2.14. The number of phenols is 1. The lowest BCUT2D eigenvalue weighted by Gasteiger charge is -2.31. The number of rotatable bonds is 8. The summed E-state index contributed by atoms with van der Waals surface area (Å²) < 4.78 is 12.7. The van der Waals surface area contributed by atoms with Crippen LogP contribution >= 0.6 is 0 Å². The van der Waals surface area contributed by atoms with Gasteiger partial charge in [0, 0.05) is 13.2 Å². The van der Waals surface area contributed by atoms with Crippen LogP contribution in [-0.4, -0.2) is 26.9 Å². The molecule has 0 bridgehead atoms. The summed E-state index contributed by atoms with van der Waals surface area (Å²) in [4.78, 5) is 0. The minimum Gasteiger partial charge on any atom is -0.508 e. The van der Waals surface area contributed by atoms with E-state index in [1.807, 2.05) is 30.3 Å². The number of hydrogen-bond donors (Lipinski definition) is 1. The minimum atomic E-state index is -2.72. The van der Waals surface area contributed by atoms with Crippen molar-refractivity contribution < 1.29 is 14.0 Å². The van der Waals surface area contributed by atoms with Crippen molar-refractivity contribution in [1.82, 2.24) is 0 Å². The molecular formula is C18H24O3Si. The number of hydrogen-bond acceptors (Lipinski definition) is 3. The summed E-state index contributed by atoms with van der Waals surface area (Å²) in [5.74, 6) is 0.255. The predicted octanol–water partition coefficient (Wildman–Crippen LogP) is 2.80. The molecule has 0 saturated carbocycles. The largest absolute Gasteiger partial charge is 0.508 e. The fraction of sp³-hybridized carbons (Fsp3) is 0.333. The highest BCUT2D eigenvalue weighted by molar-refractivity contribution is 6.92.